The molecule has 1 aromatic rings. The Hall–Kier alpha value is -1.62. The Balaban J connectivity index is 2.03. The zero-order chi connectivity index (χ0) is 14.4. The predicted octanol–water partition coefficient (Wildman–Crippen LogP) is 1.67. The van der Waals surface area contributed by atoms with Crippen molar-refractivity contribution in [1.29, 1.82) is 0 Å². The first-order valence-corrected chi connectivity index (χ1v) is 6.84. The summed E-state index contributed by atoms with van der Waals surface area (Å²) in [7, 11) is 0. The molecule has 0 amide bonds. The van der Waals surface area contributed by atoms with Crippen LogP contribution >= 0.6 is 0 Å². The van der Waals surface area contributed by atoms with Crippen LogP contribution in [0.5, 0.6) is 0 Å². The summed E-state index contributed by atoms with van der Waals surface area (Å²) in [6, 6.07) is 10.1. The van der Waals surface area contributed by atoms with E-state index in [4.69, 9.17) is 10.5 Å². The van der Waals surface area contributed by atoms with Gasteiger partial charge in [0.05, 0.1) is 12.7 Å². The van der Waals surface area contributed by atoms with Gasteiger partial charge in [-0.1, -0.05) is 36.4 Å². The lowest BCUT2D eigenvalue weighted by atomic mass is 10.0. The van der Waals surface area contributed by atoms with Crippen LogP contribution in [0.1, 0.15) is 18.9 Å². The highest BCUT2D eigenvalue weighted by Gasteiger charge is 2.30. The molecule has 20 heavy (non-hydrogen) atoms. The number of hydrogen-bond donors (Lipinski definition) is 3. The Morgan fingerprint density at radius 1 is 1.40 bits per heavy atom. The number of allylic oxidation sites excluding steroid dienone is 2. The Bertz CT molecular complexity index is 483. The molecule has 1 aliphatic rings. The Kier molecular flexibility index (Phi) is 4.95. The number of hydrogen-bond acceptors (Lipinski definition) is 4. The highest BCUT2D eigenvalue weighted by molar-refractivity contribution is 5.24. The average molecular weight is 274 g/mol. The van der Waals surface area contributed by atoms with E-state index in [2.05, 4.69) is 17.4 Å². The molecule has 0 aliphatic heterocycles. The summed E-state index contributed by atoms with van der Waals surface area (Å²) in [5, 5.41) is 12.8. The maximum atomic E-state index is 9.43. The van der Waals surface area contributed by atoms with Gasteiger partial charge in [-0.3, -0.25) is 5.32 Å². The van der Waals surface area contributed by atoms with Gasteiger partial charge in [0.2, 0.25) is 0 Å². The second-order valence-electron chi connectivity index (χ2n) is 5.17. The molecule has 0 aromatic heterocycles. The lowest BCUT2D eigenvalue weighted by Gasteiger charge is -2.34. The minimum atomic E-state index is -0.647. The van der Waals surface area contributed by atoms with Crippen LogP contribution in [0.25, 0.3) is 0 Å². The number of aliphatic hydroxyl groups is 1. The van der Waals surface area contributed by atoms with Crippen molar-refractivity contribution in [3.05, 3.63) is 59.8 Å². The molecular weight excluding hydrogens is 252 g/mol. The third kappa shape index (κ3) is 4.20. The van der Waals surface area contributed by atoms with Gasteiger partial charge in [0, 0.05) is 18.7 Å². The molecule has 2 rings (SSSR count). The van der Waals surface area contributed by atoms with Crippen molar-refractivity contribution in [3.8, 4) is 0 Å². The minimum absolute atomic E-state index is 0.263. The van der Waals surface area contributed by atoms with Crippen molar-refractivity contribution in [1.82, 2.24) is 5.32 Å². The van der Waals surface area contributed by atoms with E-state index in [9.17, 15) is 5.11 Å². The minimum Gasteiger partial charge on any atom is -0.402 e. The van der Waals surface area contributed by atoms with Crippen molar-refractivity contribution in [3.63, 3.8) is 0 Å². The second-order valence-corrected chi connectivity index (χ2v) is 5.17. The van der Waals surface area contributed by atoms with Crippen LogP contribution in [0.3, 0.4) is 0 Å². The summed E-state index contributed by atoms with van der Waals surface area (Å²) < 4.78 is 5.86. The van der Waals surface area contributed by atoms with Gasteiger partial charge in [-0.25, -0.2) is 0 Å². The number of ether oxygens (including phenoxy) is 1. The molecule has 108 valence electrons. The number of aliphatic hydroxyl groups excluding tert-OH is 1. The Morgan fingerprint density at radius 2 is 2.15 bits per heavy atom. The van der Waals surface area contributed by atoms with E-state index in [0.29, 0.717) is 13.0 Å². The van der Waals surface area contributed by atoms with E-state index in [1.165, 1.54) is 5.56 Å². The molecule has 0 spiro atoms. The average Bonchev–Trinajstić information content (AvgIpc) is 2.44. The van der Waals surface area contributed by atoms with Crippen LogP contribution in [0, 0.1) is 0 Å². The molecule has 4 N–H and O–H groups in total. The molecule has 0 radical (unpaired) electrons. The van der Waals surface area contributed by atoms with Crippen LogP contribution in [0.2, 0.25) is 0 Å². The lowest BCUT2D eigenvalue weighted by molar-refractivity contribution is -0.0683. The van der Waals surface area contributed by atoms with Crippen LogP contribution in [-0.2, 0) is 11.3 Å². The van der Waals surface area contributed by atoms with Gasteiger partial charge in [-0.15, -0.1) is 0 Å². The molecular formula is C16H22N2O2. The Morgan fingerprint density at radius 3 is 2.80 bits per heavy atom. The zero-order valence-electron chi connectivity index (χ0n) is 11.8. The third-order valence-corrected chi connectivity index (χ3v) is 3.16. The van der Waals surface area contributed by atoms with Crippen LogP contribution in [0.15, 0.2) is 54.3 Å². The summed E-state index contributed by atoms with van der Waals surface area (Å²) in [4.78, 5) is 0. The quantitative estimate of drug-likeness (QED) is 0.690. The third-order valence-electron chi connectivity index (χ3n) is 3.16. The summed E-state index contributed by atoms with van der Waals surface area (Å²) >= 11 is 0. The molecule has 2 unspecified atom stereocenters. The van der Waals surface area contributed by atoms with E-state index in [-0.39, 0.29) is 6.61 Å². The van der Waals surface area contributed by atoms with E-state index in [1.54, 1.807) is 6.92 Å². The first-order chi connectivity index (χ1) is 9.60. The second kappa shape index (κ2) is 6.70. The van der Waals surface area contributed by atoms with Crippen molar-refractivity contribution in [2.45, 2.75) is 31.7 Å². The fourth-order valence-electron chi connectivity index (χ4n) is 2.14. The van der Waals surface area contributed by atoms with Gasteiger partial charge in [0.1, 0.15) is 5.72 Å². The zero-order valence-corrected chi connectivity index (χ0v) is 11.8. The summed E-state index contributed by atoms with van der Waals surface area (Å²) in [5.41, 5.74) is 7.20. The number of rotatable bonds is 6. The van der Waals surface area contributed by atoms with Gasteiger partial charge >= 0.3 is 0 Å². The topological polar surface area (TPSA) is 67.5 Å². The van der Waals surface area contributed by atoms with Crippen molar-refractivity contribution in [2.24, 2.45) is 5.73 Å². The first-order valence-electron chi connectivity index (χ1n) is 6.84. The number of nitrogens with two attached hydrogens (primary N) is 1. The molecule has 0 saturated carbocycles. The van der Waals surface area contributed by atoms with Gasteiger partial charge in [-0.05, 0) is 24.6 Å². The maximum absolute atomic E-state index is 9.43. The fourth-order valence-corrected chi connectivity index (χ4v) is 2.14. The summed E-state index contributed by atoms with van der Waals surface area (Å²) in [6.45, 7) is 2.65. The SMILES string of the molecule is CC(O)COC1(NCc2ccccc2)C=CC=C(N)C1. The van der Waals surface area contributed by atoms with Gasteiger partial charge < -0.3 is 15.6 Å². The molecule has 4 heteroatoms. The van der Waals surface area contributed by atoms with Crippen molar-refractivity contribution >= 4 is 0 Å². The molecule has 4 nitrogen and oxygen atoms in total. The van der Waals surface area contributed by atoms with E-state index in [1.807, 2.05) is 36.4 Å². The predicted molar refractivity (Wildman–Crippen MR) is 79.7 cm³/mol. The molecule has 0 bridgehead atoms. The fraction of sp³-hybridized carbons (Fsp3) is 0.375. The van der Waals surface area contributed by atoms with E-state index in [0.717, 1.165) is 5.70 Å². The van der Waals surface area contributed by atoms with Gasteiger partial charge in [-0.2, -0.15) is 0 Å². The number of nitrogens with one attached hydrogen (secondary N) is 1. The number of benzene rings is 1. The molecule has 0 saturated heterocycles. The van der Waals surface area contributed by atoms with Crippen LogP contribution in [0.4, 0.5) is 0 Å². The van der Waals surface area contributed by atoms with Crippen LogP contribution < -0.4 is 11.1 Å². The highest BCUT2D eigenvalue weighted by atomic mass is 16.5. The molecule has 0 fully saturated rings. The van der Waals surface area contributed by atoms with Gasteiger partial charge in [0.15, 0.2) is 0 Å². The van der Waals surface area contributed by atoms with E-state index >= 15 is 0 Å². The summed E-state index contributed by atoms with van der Waals surface area (Å²) in [6.07, 6.45) is 5.77. The first kappa shape index (κ1) is 14.8. The molecule has 1 aliphatic carbocycles. The lowest BCUT2D eigenvalue weighted by Crippen LogP contribution is -2.48. The summed E-state index contributed by atoms with van der Waals surface area (Å²) in [5.74, 6) is 0. The molecule has 1 aromatic carbocycles. The van der Waals surface area contributed by atoms with Crippen LogP contribution in [-0.4, -0.2) is 23.5 Å². The highest BCUT2D eigenvalue weighted by Crippen LogP contribution is 2.23. The molecule has 0 heterocycles. The van der Waals surface area contributed by atoms with Crippen molar-refractivity contribution in [2.75, 3.05) is 6.61 Å². The normalized spacial score (nSPS) is 23.4. The molecule has 2 atom stereocenters. The van der Waals surface area contributed by atoms with E-state index < -0.39 is 11.8 Å². The Labute approximate surface area is 119 Å². The van der Waals surface area contributed by atoms with Crippen molar-refractivity contribution < 1.29 is 9.84 Å². The largest absolute Gasteiger partial charge is 0.402 e. The standard InChI is InChI=1S/C16H22N2O2/c1-13(19)12-20-16(9-5-8-15(17)10-16)18-11-14-6-3-2-4-7-14/h2-9,13,18-19H,10-12,17H2,1H3. The monoisotopic (exact) mass is 274 g/mol. The smallest absolute Gasteiger partial charge is 0.144 e. The maximum Gasteiger partial charge on any atom is 0.144 e. The van der Waals surface area contributed by atoms with Gasteiger partial charge in [0.25, 0.3) is 0 Å².